The van der Waals surface area contributed by atoms with Crippen molar-refractivity contribution in [1.82, 2.24) is 10.6 Å². The predicted molar refractivity (Wildman–Crippen MR) is 82.6 cm³/mol. The second-order valence-corrected chi connectivity index (χ2v) is 5.34. The molecule has 112 valence electrons. The van der Waals surface area contributed by atoms with Crippen LogP contribution in [0.2, 0.25) is 0 Å². The van der Waals surface area contributed by atoms with Gasteiger partial charge in [0.2, 0.25) is 0 Å². The van der Waals surface area contributed by atoms with E-state index in [9.17, 15) is 4.79 Å². The number of carbonyl (C=O) groups excluding carboxylic acids is 1. The molecular formula is C15H23ClN2O2. The molecule has 0 radical (unpaired) electrons. The second kappa shape index (κ2) is 8.12. The van der Waals surface area contributed by atoms with Gasteiger partial charge in [-0.1, -0.05) is 26.0 Å². The van der Waals surface area contributed by atoms with E-state index in [2.05, 4.69) is 30.5 Å². The number of rotatable bonds is 6. The Morgan fingerprint density at radius 3 is 2.80 bits per heavy atom. The zero-order chi connectivity index (χ0) is 13.7. The topological polar surface area (TPSA) is 50.4 Å². The van der Waals surface area contributed by atoms with Crippen LogP contribution in [-0.4, -0.2) is 32.1 Å². The molecule has 1 amide bonds. The molecule has 0 aromatic heterocycles. The minimum atomic E-state index is -0.0538. The van der Waals surface area contributed by atoms with Gasteiger partial charge in [-0.05, 0) is 23.6 Å². The summed E-state index contributed by atoms with van der Waals surface area (Å²) in [7, 11) is 0. The highest BCUT2D eigenvalue weighted by Crippen LogP contribution is 2.19. The lowest BCUT2D eigenvalue weighted by Crippen LogP contribution is -2.48. The lowest BCUT2D eigenvalue weighted by Gasteiger charge is -2.27. The van der Waals surface area contributed by atoms with Crippen molar-refractivity contribution >= 4 is 18.3 Å². The van der Waals surface area contributed by atoms with Gasteiger partial charge in [0.25, 0.3) is 5.91 Å². The van der Waals surface area contributed by atoms with E-state index < -0.39 is 0 Å². The van der Waals surface area contributed by atoms with E-state index in [0.717, 1.165) is 25.4 Å². The van der Waals surface area contributed by atoms with Crippen LogP contribution >= 0.6 is 12.4 Å². The van der Waals surface area contributed by atoms with E-state index in [0.29, 0.717) is 11.8 Å². The van der Waals surface area contributed by atoms with Crippen LogP contribution in [0.1, 0.15) is 25.3 Å². The highest BCUT2D eigenvalue weighted by atomic mass is 35.5. The molecule has 2 N–H and O–H groups in total. The predicted octanol–water partition coefficient (Wildman–Crippen LogP) is 1.95. The number of halogens is 1. The third-order valence-corrected chi connectivity index (χ3v) is 3.35. The van der Waals surface area contributed by atoms with Crippen molar-refractivity contribution in [3.05, 3.63) is 29.8 Å². The molecule has 4 nitrogen and oxygen atoms in total. The van der Waals surface area contributed by atoms with E-state index in [1.165, 1.54) is 5.56 Å². The largest absolute Gasteiger partial charge is 0.484 e. The first-order valence-electron chi connectivity index (χ1n) is 6.85. The smallest absolute Gasteiger partial charge is 0.257 e. The Morgan fingerprint density at radius 1 is 1.45 bits per heavy atom. The van der Waals surface area contributed by atoms with Gasteiger partial charge in [0.05, 0.1) is 0 Å². The minimum absolute atomic E-state index is 0. The highest BCUT2D eigenvalue weighted by molar-refractivity contribution is 5.85. The fraction of sp³-hybridized carbons (Fsp3) is 0.533. The maximum atomic E-state index is 11.6. The van der Waals surface area contributed by atoms with Crippen LogP contribution < -0.4 is 15.4 Å². The van der Waals surface area contributed by atoms with Crippen molar-refractivity contribution in [3.63, 3.8) is 0 Å². The van der Waals surface area contributed by atoms with Gasteiger partial charge >= 0.3 is 0 Å². The Bertz CT molecular complexity index is 434. The Labute approximate surface area is 126 Å². The van der Waals surface area contributed by atoms with E-state index >= 15 is 0 Å². The van der Waals surface area contributed by atoms with Gasteiger partial charge in [-0.15, -0.1) is 12.4 Å². The molecule has 1 aromatic carbocycles. The molecule has 5 heteroatoms. The van der Waals surface area contributed by atoms with Crippen molar-refractivity contribution < 1.29 is 9.53 Å². The monoisotopic (exact) mass is 298 g/mol. The fourth-order valence-electron chi connectivity index (χ4n) is 1.91. The van der Waals surface area contributed by atoms with Crippen LogP contribution in [0, 0.1) is 5.92 Å². The molecule has 1 aliphatic rings. The maximum Gasteiger partial charge on any atom is 0.257 e. The molecule has 0 unspecified atom stereocenters. The minimum Gasteiger partial charge on any atom is -0.484 e. The van der Waals surface area contributed by atoms with Gasteiger partial charge in [0, 0.05) is 25.6 Å². The molecule has 0 atom stereocenters. The zero-order valence-electron chi connectivity index (χ0n) is 12.0. The lowest BCUT2D eigenvalue weighted by molar-refractivity contribution is -0.123. The third-order valence-electron chi connectivity index (χ3n) is 3.35. The zero-order valence-corrected chi connectivity index (χ0v) is 12.8. The lowest BCUT2D eigenvalue weighted by atomic mass is 10.0. The van der Waals surface area contributed by atoms with Crippen molar-refractivity contribution in [3.8, 4) is 5.75 Å². The van der Waals surface area contributed by atoms with Crippen LogP contribution in [-0.2, 0) is 4.79 Å². The Balaban J connectivity index is 0.00000200. The summed E-state index contributed by atoms with van der Waals surface area (Å²) < 4.78 is 5.51. The molecule has 1 saturated heterocycles. The Kier molecular flexibility index (Phi) is 6.82. The first-order valence-corrected chi connectivity index (χ1v) is 6.85. The molecule has 0 aliphatic carbocycles. The number of ether oxygens (including phenoxy) is 1. The first kappa shape index (κ1) is 16.8. The molecule has 20 heavy (non-hydrogen) atoms. The molecule has 0 bridgehead atoms. The van der Waals surface area contributed by atoms with Crippen molar-refractivity contribution in [2.45, 2.75) is 19.8 Å². The molecule has 1 heterocycles. The number of amides is 1. The number of hydrogen-bond acceptors (Lipinski definition) is 3. The maximum absolute atomic E-state index is 11.6. The van der Waals surface area contributed by atoms with Crippen LogP contribution in [0.3, 0.4) is 0 Å². The molecule has 1 aromatic rings. The van der Waals surface area contributed by atoms with Gasteiger partial charge in [-0.2, -0.15) is 0 Å². The van der Waals surface area contributed by atoms with E-state index in [-0.39, 0.29) is 24.9 Å². The van der Waals surface area contributed by atoms with Gasteiger partial charge in [-0.25, -0.2) is 0 Å². The van der Waals surface area contributed by atoms with Gasteiger partial charge < -0.3 is 15.4 Å². The summed E-state index contributed by atoms with van der Waals surface area (Å²) in [6.07, 6.45) is 0. The van der Waals surface area contributed by atoms with E-state index in [1.807, 2.05) is 18.2 Å². The fourth-order valence-corrected chi connectivity index (χ4v) is 1.91. The van der Waals surface area contributed by atoms with Crippen molar-refractivity contribution in [1.29, 1.82) is 0 Å². The molecular weight excluding hydrogens is 276 g/mol. The Hall–Kier alpha value is -1.26. The van der Waals surface area contributed by atoms with Crippen LogP contribution in [0.4, 0.5) is 0 Å². The second-order valence-electron chi connectivity index (χ2n) is 5.34. The molecule has 1 fully saturated rings. The van der Waals surface area contributed by atoms with Crippen LogP contribution in [0.15, 0.2) is 24.3 Å². The van der Waals surface area contributed by atoms with Crippen molar-refractivity contribution in [2.75, 3.05) is 26.2 Å². The summed E-state index contributed by atoms with van der Waals surface area (Å²) in [6.45, 7) is 7.09. The van der Waals surface area contributed by atoms with E-state index in [1.54, 1.807) is 0 Å². The average molecular weight is 299 g/mol. The molecule has 1 aliphatic heterocycles. The number of hydrogen-bond donors (Lipinski definition) is 2. The summed E-state index contributed by atoms with van der Waals surface area (Å²) in [5.41, 5.74) is 1.22. The highest BCUT2D eigenvalue weighted by Gasteiger charge is 2.17. The standard InChI is InChI=1S/C15H22N2O2.ClH/c1-11(2)13-4-3-5-14(6-13)19-10-15(18)17-9-12-7-16-8-12;/h3-6,11-12,16H,7-10H2,1-2H3,(H,17,18);1H. The summed E-state index contributed by atoms with van der Waals surface area (Å²) >= 11 is 0. The van der Waals surface area contributed by atoms with E-state index in [4.69, 9.17) is 4.74 Å². The molecule has 0 spiro atoms. The quantitative estimate of drug-likeness (QED) is 0.844. The average Bonchev–Trinajstić information content (AvgIpc) is 2.35. The number of nitrogens with one attached hydrogen (secondary N) is 2. The first-order chi connectivity index (χ1) is 9.15. The van der Waals surface area contributed by atoms with Crippen LogP contribution in [0.5, 0.6) is 5.75 Å². The van der Waals surface area contributed by atoms with Crippen molar-refractivity contribution in [2.24, 2.45) is 5.92 Å². The molecule has 2 rings (SSSR count). The third kappa shape index (κ3) is 5.02. The van der Waals surface area contributed by atoms with Gasteiger partial charge in [0.1, 0.15) is 5.75 Å². The number of carbonyl (C=O) groups is 1. The number of benzene rings is 1. The van der Waals surface area contributed by atoms with Crippen LogP contribution in [0.25, 0.3) is 0 Å². The SMILES string of the molecule is CC(C)c1cccc(OCC(=O)NCC2CNC2)c1.Cl. The summed E-state index contributed by atoms with van der Waals surface area (Å²) in [5.74, 6) is 1.74. The summed E-state index contributed by atoms with van der Waals surface area (Å²) in [6, 6.07) is 7.91. The summed E-state index contributed by atoms with van der Waals surface area (Å²) in [4.78, 5) is 11.6. The summed E-state index contributed by atoms with van der Waals surface area (Å²) in [5, 5.41) is 6.07. The molecule has 0 saturated carbocycles. The van der Waals surface area contributed by atoms with Gasteiger partial charge in [-0.3, -0.25) is 4.79 Å². The van der Waals surface area contributed by atoms with Gasteiger partial charge in [0.15, 0.2) is 6.61 Å². The normalized spacial score (nSPS) is 14.3. The Morgan fingerprint density at radius 2 is 2.20 bits per heavy atom.